The number of benzene rings is 1. The van der Waals surface area contributed by atoms with E-state index in [0.29, 0.717) is 6.61 Å². The number of pyridine rings is 2. The summed E-state index contributed by atoms with van der Waals surface area (Å²) in [6.45, 7) is 1.24. The lowest BCUT2D eigenvalue weighted by Crippen LogP contribution is -2.43. The summed E-state index contributed by atoms with van der Waals surface area (Å²) in [6, 6.07) is 7.65. The normalized spacial score (nSPS) is 16.0. The van der Waals surface area contributed by atoms with Crippen LogP contribution in [0.4, 0.5) is 11.4 Å². The average molecular weight is 575 g/mol. The lowest BCUT2D eigenvalue weighted by atomic mass is 9.64. The van der Waals surface area contributed by atoms with Crippen molar-refractivity contribution in [1.29, 1.82) is 0 Å². The van der Waals surface area contributed by atoms with Crippen LogP contribution in [0, 0.1) is 0 Å². The van der Waals surface area contributed by atoms with Crippen molar-refractivity contribution >= 4 is 50.8 Å². The highest BCUT2D eigenvalue weighted by Gasteiger charge is 2.54. The Morgan fingerprint density at radius 1 is 1.08 bits per heavy atom. The van der Waals surface area contributed by atoms with Crippen LogP contribution < -0.4 is 14.4 Å². The molecular weight excluding hydrogens is 540 g/mol. The van der Waals surface area contributed by atoms with E-state index < -0.39 is 15.6 Å². The smallest absolute Gasteiger partial charge is 0.301 e. The molecule has 3 heterocycles. The largest absolute Gasteiger partial charge is 0.476 e. The molecule has 1 amide bonds. The zero-order valence-corrected chi connectivity index (χ0v) is 24.5. The molecule has 3 aromatic rings. The molecule has 39 heavy (non-hydrogen) atoms. The van der Waals surface area contributed by atoms with Gasteiger partial charge in [-0.3, -0.25) is 14.5 Å². The molecule has 1 aliphatic carbocycles. The van der Waals surface area contributed by atoms with Gasteiger partial charge in [-0.25, -0.2) is 4.98 Å². The number of ether oxygens (including phenoxy) is 1. The molecule has 0 bridgehead atoms. The van der Waals surface area contributed by atoms with Gasteiger partial charge in [-0.1, -0.05) is 12.5 Å². The van der Waals surface area contributed by atoms with Crippen LogP contribution in [-0.2, 0) is 20.4 Å². The van der Waals surface area contributed by atoms with Crippen LogP contribution in [0.5, 0.6) is 5.88 Å². The van der Waals surface area contributed by atoms with Gasteiger partial charge in [0.2, 0.25) is 11.8 Å². The molecule has 2 aliphatic rings. The number of likely N-dealkylation sites (N-methyl/N-ethyl adjacent to an activating group) is 1. The number of rotatable bonds is 9. The van der Waals surface area contributed by atoms with Crippen LogP contribution >= 0.6 is 12.4 Å². The fourth-order valence-electron chi connectivity index (χ4n) is 5.23. The molecule has 1 saturated carbocycles. The zero-order valence-electron chi connectivity index (χ0n) is 22.9. The Balaban J connectivity index is 0.00000353. The fourth-order valence-corrected chi connectivity index (χ4v) is 5.84. The van der Waals surface area contributed by atoms with Crippen LogP contribution in [0.3, 0.4) is 0 Å². The molecule has 1 aliphatic heterocycles. The Hall–Kier alpha value is -2.99. The summed E-state index contributed by atoms with van der Waals surface area (Å²) in [5.74, 6) is 0.359. The molecule has 10 nitrogen and oxygen atoms in total. The summed E-state index contributed by atoms with van der Waals surface area (Å²) in [5.41, 5.74) is 4.10. The molecule has 0 atom stereocenters. The van der Waals surface area contributed by atoms with Gasteiger partial charge in [0.1, 0.15) is 5.69 Å². The van der Waals surface area contributed by atoms with Gasteiger partial charge in [-0.05, 0) is 57.1 Å². The first-order valence-corrected chi connectivity index (χ1v) is 14.2. The fraction of sp³-hybridized carbons (Fsp3) is 0.444. The van der Waals surface area contributed by atoms with E-state index in [1.54, 1.807) is 23.4 Å². The van der Waals surface area contributed by atoms with Crippen LogP contribution in [0.25, 0.3) is 22.0 Å². The quantitative estimate of drug-likeness (QED) is 0.389. The van der Waals surface area contributed by atoms with Gasteiger partial charge in [0.15, 0.2) is 0 Å². The molecule has 0 unspecified atom stereocenters. The third-order valence-electron chi connectivity index (χ3n) is 7.50. The topological polar surface area (TPSA) is 108 Å². The molecule has 1 spiro atoms. The lowest BCUT2D eigenvalue weighted by molar-refractivity contribution is -0.125. The molecule has 12 heteroatoms. The van der Waals surface area contributed by atoms with E-state index in [0.717, 1.165) is 69.8 Å². The summed E-state index contributed by atoms with van der Waals surface area (Å²) in [4.78, 5) is 26.1. The number of anilines is 2. The van der Waals surface area contributed by atoms with Crippen molar-refractivity contribution in [2.45, 2.75) is 31.1 Å². The predicted molar refractivity (Wildman–Crippen MR) is 156 cm³/mol. The van der Waals surface area contributed by atoms with E-state index in [9.17, 15) is 13.2 Å². The number of nitrogens with zero attached hydrogens (tertiary/aromatic N) is 5. The number of carbonyl (C=O) groups excluding carboxylic acids is 1. The van der Waals surface area contributed by atoms with Gasteiger partial charge >= 0.3 is 10.2 Å². The zero-order chi connectivity index (χ0) is 27.2. The van der Waals surface area contributed by atoms with E-state index in [4.69, 9.17) is 4.74 Å². The molecule has 5 rings (SSSR count). The molecule has 1 fully saturated rings. The van der Waals surface area contributed by atoms with Gasteiger partial charge in [0.05, 0.1) is 29.4 Å². The van der Waals surface area contributed by atoms with Gasteiger partial charge < -0.3 is 14.5 Å². The third-order valence-corrected chi connectivity index (χ3v) is 8.94. The van der Waals surface area contributed by atoms with E-state index in [2.05, 4.69) is 19.6 Å². The minimum atomic E-state index is -3.78. The van der Waals surface area contributed by atoms with Gasteiger partial charge in [0, 0.05) is 50.4 Å². The first-order chi connectivity index (χ1) is 18.0. The van der Waals surface area contributed by atoms with Crippen molar-refractivity contribution in [3.05, 3.63) is 42.2 Å². The minimum Gasteiger partial charge on any atom is -0.476 e. The Labute approximate surface area is 235 Å². The number of hydrogen-bond donors (Lipinski definition) is 1. The number of fused-ring (bicyclic) bond motifs is 4. The molecule has 1 N–H and O–H groups in total. The number of carbonyl (C=O) groups is 1. The standard InChI is InChI=1S/C27H34N6O4S.ClH/c1-31(2)12-7-13-37-25-22(30-38(35,36)32(3)4)15-19(16-29-25)18-8-9-21-20(14-18)24-23(17-28-21)33(5)26(34)27(24)10-6-11-27;/h8-9,14-17,30H,6-7,10-13H2,1-5H3;1H. The first kappa shape index (κ1) is 29.0. The maximum Gasteiger partial charge on any atom is 0.301 e. The maximum absolute atomic E-state index is 13.2. The second kappa shape index (κ2) is 10.9. The van der Waals surface area contributed by atoms with E-state index in [1.165, 1.54) is 14.1 Å². The molecule has 1 aromatic carbocycles. The summed E-state index contributed by atoms with van der Waals surface area (Å²) in [5, 5.41) is 0.942. The van der Waals surface area contributed by atoms with Crippen molar-refractivity contribution in [2.24, 2.45) is 0 Å². The average Bonchev–Trinajstić information content (AvgIpc) is 3.09. The van der Waals surface area contributed by atoms with Gasteiger partial charge in [0.25, 0.3) is 0 Å². The summed E-state index contributed by atoms with van der Waals surface area (Å²) < 4.78 is 34.9. The first-order valence-electron chi connectivity index (χ1n) is 12.7. The van der Waals surface area contributed by atoms with E-state index in [-0.39, 0.29) is 29.9 Å². The lowest BCUT2D eigenvalue weighted by Gasteiger charge is -2.37. The number of aromatic nitrogens is 2. The van der Waals surface area contributed by atoms with Crippen LogP contribution in [0.15, 0.2) is 36.7 Å². The summed E-state index contributed by atoms with van der Waals surface area (Å²) in [7, 11) is 4.93. The number of halogens is 1. The van der Waals surface area contributed by atoms with Crippen LogP contribution in [-0.4, -0.2) is 81.9 Å². The summed E-state index contributed by atoms with van der Waals surface area (Å²) >= 11 is 0. The summed E-state index contributed by atoms with van der Waals surface area (Å²) in [6.07, 6.45) is 6.95. The number of hydrogen-bond acceptors (Lipinski definition) is 7. The second-order valence-corrected chi connectivity index (χ2v) is 12.4. The molecule has 0 saturated heterocycles. The molecular formula is C27H35ClN6O4S. The highest BCUT2D eigenvalue weighted by molar-refractivity contribution is 7.90. The van der Waals surface area contributed by atoms with Crippen LogP contribution in [0.2, 0.25) is 0 Å². The SMILES string of the molecule is CN(C)CCCOc1ncc(-c2ccc3ncc4c(c3c2)C2(CCC2)C(=O)N4C)cc1NS(=O)(=O)N(C)C.Cl. The minimum absolute atomic E-state index is 0. The Bertz CT molecular complexity index is 1510. The predicted octanol–water partition coefficient (Wildman–Crippen LogP) is 3.67. The van der Waals surface area contributed by atoms with E-state index in [1.807, 2.05) is 39.3 Å². The third kappa shape index (κ3) is 5.16. The van der Waals surface area contributed by atoms with E-state index >= 15 is 0 Å². The Kier molecular flexibility index (Phi) is 8.09. The Morgan fingerprint density at radius 3 is 2.46 bits per heavy atom. The van der Waals surface area contributed by atoms with Crippen molar-refractivity contribution in [3.8, 4) is 17.0 Å². The van der Waals surface area contributed by atoms with Crippen molar-refractivity contribution < 1.29 is 17.9 Å². The van der Waals surface area contributed by atoms with Gasteiger partial charge in [-0.15, -0.1) is 12.4 Å². The highest BCUT2D eigenvalue weighted by Crippen LogP contribution is 2.55. The number of amides is 1. The second-order valence-electron chi connectivity index (χ2n) is 10.5. The van der Waals surface area contributed by atoms with Gasteiger partial charge in [-0.2, -0.15) is 12.7 Å². The molecule has 0 radical (unpaired) electrons. The van der Waals surface area contributed by atoms with Crippen molar-refractivity contribution in [1.82, 2.24) is 19.2 Å². The Morgan fingerprint density at radius 2 is 1.82 bits per heavy atom. The maximum atomic E-state index is 13.2. The molecule has 2 aromatic heterocycles. The highest BCUT2D eigenvalue weighted by atomic mass is 35.5. The number of nitrogens with one attached hydrogen (secondary N) is 1. The van der Waals surface area contributed by atoms with Crippen LogP contribution in [0.1, 0.15) is 31.2 Å². The van der Waals surface area contributed by atoms with Crippen molar-refractivity contribution in [3.63, 3.8) is 0 Å². The molecule has 210 valence electrons. The van der Waals surface area contributed by atoms with Crippen molar-refractivity contribution in [2.75, 3.05) is 58.0 Å². The monoisotopic (exact) mass is 574 g/mol.